The number of aliphatic hydroxyl groups is 2. The van der Waals surface area contributed by atoms with Crippen LogP contribution >= 0.6 is 0 Å². The van der Waals surface area contributed by atoms with E-state index < -0.39 is 109 Å². The molecule has 0 spiro atoms. The number of benzene rings is 2. The summed E-state index contributed by atoms with van der Waals surface area (Å²) in [7, 11) is 0. The van der Waals surface area contributed by atoms with Crippen molar-refractivity contribution in [2.45, 2.75) is 69.7 Å². The molecule has 13 N–H and O–H groups in total. The third kappa shape index (κ3) is 14.8. The number of primary amides is 1. The monoisotopic (exact) mass is 744 g/mol. The minimum Gasteiger partial charge on any atom is -0.481 e. The van der Waals surface area contributed by atoms with Gasteiger partial charge in [-0.05, 0) is 28.7 Å². The molecule has 0 heterocycles. The van der Waals surface area contributed by atoms with Gasteiger partial charge in [-0.25, -0.2) is 0 Å². The van der Waals surface area contributed by atoms with Gasteiger partial charge in [-0.3, -0.25) is 38.4 Å². The van der Waals surface area contributed by atoms with Crippen LogP contribution in [0.25, 0.3) is 10.8 Å². The summed E-state index contributed by atoms with van der Waals surface area (Å²) in [6.07, 6.45) is -1.36. The molecule has 2 aromatic carbocycles. The number of hydrogen-bond donors (Lipinski definition) is 11. The number of nitrogens with one attached hydrogen (secondary N) is 6. The lowest BCUT2D eigenvalue weighted by atomic mass is 10.00. The van der Waals surface area contributed by atoms with E-state index in [1.165, 1.54) is 0 Å². The van der Waals surface area contributed by atoms with Crippen LogP contribution in [0.2, 0.25) is 0 Å². The van der Waals surface area contributed by atoms with Crippen LogP contribution in [-0.4, -0.2) is 119 Å². The summed E-state index contributed by atoms with van der Waals surface area (Å²) >= 11 is 0. The molecule has 5 atom stereocenters. The fourth-order valence-electron chi connectivity index (χ4n) is 4.96. The molecule has 0 radical (unpaired) electrons. The van der Waals surface area contributed by atoms with Crippen molar-refractivity contribution in [3.05, 3.63) is 48.0 Å². The Hall–Kier alpha value is -5.66. The first kappa shape index (κ1) is 43.5. The highest BCUT2D eigenvalue weighted by molar-refractivity contribution is 5.98. The van der Waals surface area contributed by atoms with Crippen molar-refractivity contribution in [1.29, 1.82) is 0 Å². The molecule has 0 saturated carbocycles. The van der Waals surface area contributed by atoms with E-state index in [1.54, 1.807) is 38.1 Å². The summed E-state index contributed by atoms with van der Waals surface area (Å²) in [6.45, 7) is 1.84. The number of amides is 7. The van der Waals surface area contributed by atoms with Gasteiger partial charge in [0.05, 0.1) is 32.0 Å². The Kier molecular flexibility index (Phi) is 17.8. The SMILES string of the molecule is CC(C)[C@H](NC(=O)[C@H](CO)NC(=O)[C@H](CC(N)=O)NC(=O)[C@H](Cc1ccc2ccccc2c1)NC(=O)[C@@H](N)CC(=O)O)C(=O)NCC(=O)NCCCO. The van der Waals surface area contributed by atoms with Gasteiger partial charge in [-0.15, -0.1) is 0 Å². The number of carbonyl (C=O) groups excluding carboxylic acids is 7. The second-order valence-electron chi connectivity index (χ2n) is 12.5. The van der Waals surface area contributed by atoms with E-state index in [0.717, 1.165) is 10.8 Å². The van der Waals surface area contributed by atoms with Gasteiger partial charge in [-0.1, -0.05) is 56.3 Å². The Morgan fingerprint density at radius 1 is 0.717 bits per heavy atom. The van der Waals surface area contributed by atoms with E-state index in [9.17, 15) is 43.5 Å². The number of rotatable bonds is 22. The molecule has 19 nitrogen and oxygen atoms in total. The zero-order chi connectivity index (χ0) is 39.7. The molecule has 0 fully saturated rings. The number of hydrogen-bond acceptors (Lipinski definition) is 11. The first-order chi connectivity index (χ1) is 25.1. The Labute approximate surface area is 305 Å². The first-order valence-electron chi connectivity index (χ1n) is 16.8. The standard InChI is InChI=1S/C34H48N8O11/c1-18(2)29(34(53)38-16-27(46)37-10-5-11-43)42-33(52)25(17-44)41-32(51)24(15-26(36)45)40-31(50)23(39-30(49)22(35)14-28(47)48)13-19-8-9-20-6-3-4-7-21(20)12-19/h3-4,6-9,12,18,22-25,29,43-44H,5,10-11,13-17,35H2,1-2H3,(H2,36,45)(H,37,46)(H,38,53)(H,39,49)(H,40,50)(H,41,51)(H,42,52)(H,47,48)/t22-,23-,24-,25-,29-/m0/s1. The maximum absolute atomic E-state index is 13.6. The topological polar surface area (TPSA) is 321 Å². The highest BCUT2D eigenvalue weighted by Gasteiger charge is 2.33. The van der Waals surface area contributed by atoms with Crippen LogP contribution in [0.15, 0.2) is 42.5 Å². The van der Waals surface area contributed by atoms with E-state index >= 15 is 0 Å². The summed E-state index contributed by atoms with van der Waals surface area (Å²) < 4.78 is 0. The number of carbonyl (C=O) groups is 8. The number of aliphatic carboxylic acids is 1. The van der Waals surface area contributed by atoms with Crippen molar-refractivity contribution in [2.75, 3.05) is 26.3 Å². The lowest BCUT2D eigenvalue weighted by Crippen LogP contribution is -2.61. The van der Waals surface area contributed by atoms with Crippen LogP contribution in [0.1, 0.15) is 38.7 Å². The van der Waals surface area contributed by atoms with Crippen molar-refractivity contribution in [3.8, 4) is 0 Å². The molecule has 0 aliphatic heterocycles. The van der Waals surface area contributed by atoms with E-state index in [1.807, 2.05) is 18.2 Å². The van der Waals surface area contributed by atoms with Crippen LogP contribution in [0.5, 0.6) is 0 Å². The number of carboxylic acids is 1. The fourth-order valence-corrected chi connectivity index (χ4v) is 4.96. The fraction of sp³-hybridized carbons (Fsp3) is 0.471. The van der Waals surface area contributed by atoms with Gasteiger partial charge in [0.25, 0.3) is 0 Å². The third-order valence-corrected chi connectivity index (χ3v) is 7.80. The summed E-state index contributed by atoms with van der Waals surface area (Å²) in [5, 5.41) is 43.8. The first-order valence-corrected chi connectivity index (χ1v) is 16.8. The Morgan fingerprint density at radius 3 is 1.92 bits per heavy atom. The Morgan fingerprint density at radius 2 is 1.32 bits per heavy atom. The lowest BCUT2D eigenvalue weighted by molar-refractivity contribution is -0.140. The third-order valence-electron chi connectivity index (χ3n) is 7.80. The highest BCUT2D eigenvalue weighted by atomic mass is 16.4. The van der Waals surface area contributed by atoms with Gasteiger partial charge in [0, 0.05) is 19.6 Å². The molecule has 290 valence electrons. The zero-order valence-electron chi connectivity index (χ0n) is 29.4. The summed E-state index contributed by atoms with van der Waals surface area (Å²) in [6, 6.07) is 4.98. The normalized spacial score (nSPS) is 13.8. The molecule has 2 aromatic rings. The predicted molar refractivity (Wildman–Crippen MR) is 189 cm³/mol. The van der Waals surface area contributed by atoms with Gasteiger partial charge in [0.1, 0.15) is 24.2 Å². The maximum atomic E-state index is 13.6. The summed E-state index contributed by atoms with van der Waals surface area (Å²) in [4.78, 5) is 101. The number of carboxylic acid groups (broad SMARTS) is 1. The van der Waals surface area contributed by atoms with Gasteiger partial charge in [-0.2, -0.15) is 0 Å². The minimum atomic E-state index is -1.72. The number of nitrogens with two attached hydrogens (primary N) is 2. The van der Waals surface area contributed by atoms with Gasteiger partial charge in [0.15, 0.2) is 0 Å². The summed E-state index contributed by atoms with van der Waals surface area (Å²) in [5.74, 6) is -8.31. The molecule has 0 bridgehead atoms. The number of fused-ring (bicyclic) bond motifs is 1. The Bertz CT molecular complexity index is 1640. The maximum Gasteiger partial charge on any atom is 0.305 e. The zero-order valence-corrected chi connectivity index (χ0v) is 29.4. The molecule has 19 heteroatoms. The molecule has 0 aromatic heterocycles. The van der Waals surface area contributed by atoms with Crippen LogP contribution in [0.4, 0.5) is 0 Å². The molecular weight excluding hydrogens is 696 g/mol. The van der Waals surface area contributed by atoms with Crippen molar-refractivity contribution in [3.63, 3.8) is 0 Å². The Balaban J connectivity index is 2.23. The molecular formula is C34H48N8O11. The van der Waals surface area contributed by atoms with Crippen LogP contribution in [-0.2, 0) is 44.8 Å². The second kappa shape index (κ2) is 21.6. The van der Waals surface area contributed by atoms with Crippen molar-refractivity contribution in [1.82, 2.24) is 31.9 Å². The van der Waals surface area contributed by atoms with Crippen LogP contribution < -0.4 is 43.4 Å². The number of aliphatic hydroxyl groups excluding tert-OH is 2. The van der Waals surface area contributed by atoms with E-state index in [2.05, 4.69) is 31.9 Å². The minimum absolute atomic E-state index is 0.136. The molecule has 0 saturated heterocycles. The average Bonchev–Trinajstić information content (AvgIpc) is 3.10. The van der Waals surface area contributed by atoms with Gasteiger partial charge in [0.2, 0.25) is 41.4 Å². The summed E-state index contributed by atoms with van der Waals surface area (Å²) in [5.41, 5.74) is 11.6. The largest absolute Gasteiger partial charge is 0.481 e. The van der Waals surface area contributed by atoms with Crippen molar-refractivity contribution in [2.24, 2.45) is 17.4 Å². The molecule has 7 amide bonds. The molecule has 2 rings (SSSR count). The molecule has 0 aliphatic carbocycles. The van der Waals surface area contributed by atoms with Crippen molar-refractivity contribution < 1.29 is 53.7 Å². The van der Waals surface area contributed by atoms with Crippen LogP contribution in [0, 0.1) is 5.92 Å². The lowest BCUT2D eigenvalue weighted by Gasteiger charge is -2.26. The predicted octanol–water partition coefficient (Wildman–Crippen LogP) is -3.74. The molecule has 0 unspecified atom stereocenters. The molecule has 0 aliphatic rings. The smallest absolute Gasteiger partial charge is 0.305 e. The quantitative estimate of drug-likeness (QED) is 0.0519. The van der Waals surface area contributed by atoms with Crippen molar-refractivity contribution >= 4 is 58.1 Å². The highest BCUT2D eigenvalue weighted by Crippen LogP contribution is 2.17. The van der Waals surface area contributed by atoms with E-state index in [-0.39, 0.29) is 19.6 Å². The second-order valence-corrected chi connectivity index (χ2v) is 12.5. The van der Waals surface area contributed by atoms with Gasteiger partial charge >= 0.3 is 5.97 Å². The van der Waals surface area contributed by atoms with Crippen LogP contribution in [0.3, 0.4) is 0 Å². The van der Waals surface area contributed by atoms with E-state index in [0.29, 0.717) is 12.0 Å². The van der Waals surface area contributed by atoms with Gasteiger partial charge < -0.3 is 58.7 Å². The molecule has 53 heavy (non-hydrogen) atoms. The average molecular weight is 745 g/mol. The van der Waals surface area contributed by atoms with E-state index in [4.69, 9.17) is 21.7 Å².